The molecule has 2 aromatic rings. The smallest absolute Gasteiger partial charge is 0.0103 e. The first-order chi connectivity index (χ1) is 9.74. The van der Waals surface area contributed by atoms with Crippen LogP contribution in [0.3, 0.4) is 0 Å². The van der Waals surface area contributed by atoms with E-state index in [1.807, 2.05) is 31.2 Å². The predicted octanol–water partition coefficient (Wildman–Crippen LogP) is 6.02. The summed E-state index contributed by atoms with van der Waals surface area (Å²) in [6, 6.07) is 8.45. The second-order valence-electron chi connectivity index (χ2n) is 4.70. The summed E-state index contributed by atoms with van der Waals surface area (Å²) in [5.74, 6) is 0. The van der Waals surface area contributed by atoms with Crippen molar-refractivity contribution < 1.29 is 0 Å². The first kappa shape index (κ1) is 14.1. The Kier molecular flexibility index (Phi) is 4.37. The third-order valence-electron chi connectivity index (χ3n) is 3.58. The lowest BCUT2D eigenvalue weighted by Crippen LogP contribution is -1.94. The van der Waals surface area contributed by atoms with Crippen molar-refractivity contribution in [3.8, 4) is 0 Å². The van der Waals surface area contributed by atoms with Crippen LogP contribution in [-0.2, 0) is 0 Å². The summed E-state index contributed by atoms with van der Waals surface area (Å²) in [6.07, 6.45) is 12.1. The van der Waals surface area contributed by atoms with Gasteiger partial charge in [-0.05, 0) is 46.9 Å². The molecule has 100 valence electrons. The topological polar surface area (TPSA) is 0 Å². The van der Waals surface area contributed by atoms with Gasteiger partial charge < -0.3 is 0 Å². The van der Waals surface area contributed by atoms with Crippen molar-refractivity contribution in [1.82, 2.24) is 0 Å². The number of hydrogen-bond donors (Lipinski definition) is 0. The molecule has 0 saturated heterocycles. The monoisotopic (exact) mass is 260 g/mol. The molecule has 0 spiro atoms. The van der Waals surface area contributed by atoms with Gasteiger partial charge >= 0.3 is 0 Å². The molecule has 2 rings (SSSR count). The summed E-state index contributed by atoms with van der Waals surface area (Å²) >= 11 is 0. The molecular weight excluding hydrogens is 240 g/mol. The molecule has 0 bridgehead atoms. The van der Waals surface area contributed by atoms with Crippen LogP contribution in [0.4, 0.5) is 0 Å². The minimum absolute atomic E-state index is 1.15. The zero-order chi connectivity index (χ0) is 14.5. The fourth-order valence-corrected chi connectivity index (χ4v) is 2.60. The van der Waals surface area contributed by atoms with Gasteiger partial charge in [0, 0.05) is 0 Å². The number of fused-ring (bicyclic) bond motifs is 1. The van der Waals surface area contributed by atoms with E-state index in [1.54, 1.807) is 0 Å². The van der Waals surface area contributed by atoms with Gasteiger partial charge in [-0.1, -0.05) is 73.9 Å². The maximum absolute atomic E-state index is 3.98. The van der Waals surface area contributed by atoms with E-state index in [-0.39, 0.29) is 0 Å². The Balaban J connectivity index is 2.88. The number of aryl methyl sites for hydroxylation is 1. The molecule has 0 N–H and O–H groups in total. The second-order valence-corrected chi connectivity index (χ2v) is 4.70. The van der Waals surface area contributed by atoms with Gasteiger partial charge in [-0.15, -0.1) is 0 Å². The maximum Gasteiger partial charge on any atom is -0.0103 e. The minimum Gasteiger partial charge on any atom is -0.0984 e. The van der Waals surface area contributed by atoms with Crippen molar-refractivity contribution in [2.75, 3.05) is 0 Å². The summed E-state index contributed by atoms with van der Waals surface area (Å²) in [7, 11) is 0. The lowest BCUT2D eigenvalue weighted by Gasteiger charge is -2.15. The summed E-state index contributed by atoms with van der Waals surface area (Å²) in [5.41, 5.74) is 4.80. The molecule has 0 aromatic heterocycles. The molecule has 0 aliphatic carbocycles. The molecule has 0 atom stereocenters. The molecule has 0 aliphatic rings. The van der Waals surface area contributed by atoms with Crippen molar-refractivity contribution in [3.05, 3.63) is 77.9 Å². The van der Waals surface area contributed by atoms with Crippen molar-refractivity contribution >= 4 is 29.0 Å². The number of allylic oxidation sites excluding steroid dienone is 3. The van der Waals surface area contributed by atoms with Gasteiger partial charge in [-0.2, -0.15) is 0 Å². The Morgan fingerprint density at radius 3 is 2.10 bits per heavy atom. The predicted molar refractivity (Wildman–Crippen MR) is 92.7 cm³/mol. The highest BCUT2D eigenvalue weighted by Gasteiger charge is 2.11. The molecule has 0 fully saturated rings. The highest BCUT2D eigenvalue weighted by Crippen LogP contribution is 2.32. The number of rotatable bonds is 4. The first-order valence-corrected chi connectivity index (χ1v) is 6.84. The van der Waals surface area contributed by atoms with Crippen LogP contribution < -0.4 is 0 Å². The second kappa shape index (κ2) is 6.21. The summed E-state index contributed by atoms with van der Waals surface area (Å²) < 4.78 is 0. The Morgan fingerprint density at radius 2 is 1.50 bits per heavy atom. The van der Waals surface area contributed by atoms with Crippen LogP contribution >= 0.6 is 0 Å². The van der Waals surface area contributed by atoms with Gasteiger partial charge in [0.1, 0.15) is 0 Å². The van der Waals surface area contributed by atoms with E-state index in [0.29, 0.717) is 0 Å². The highest BCUT2D eigenvalue weighted by atomic mass is 14.1. The SMILES string of the molecule is C=Cc1c(/C=C\C=C/C)c(C)c2ccccc2c1C=C. The molecule has 0 heterocycles. The zero-order valence-corrected chi connectivity index (χ0v) is 12.2. The Morgan fingerprint density at radius 1 is 0.850 bits per heavy atom. The van der Waals surface area contributed by atoms with Crippen molar-refractivity contribution in [1.29, 1.82) is 0 Å². The van der Waals surface area contributed by atoms with Crippen LogP contribution in [0.25, 0.3) is 29.0 Å². The van der Waals surface area contributed by atoms with E-state index in [0.717, 1.165) is 11.1 Å². The molecule has 0 saturated carbocycles. The first-order valence-electron chi connectivity index (χ1n) is 6.84. The average Bonchev–Trinajstić information content (AvgIpc) is 2.49. The third kappa shape index (κ3) is 2.37. The molecule has 0 heteroatoms. The van der Waals surface area contributed by atoms with Gasteiger partial charge in [-0.25, -0.2) is 0 Å². The molecular formula is C20H20. The Bertz CT molecular complexity index is 712. The summed E-state index contributed by atoms with van der Waals surface area (Å²) in [4.78, 5) is 0. The van der Waals surface area contributed by atoms with E-state index >= 15 is 0 Å². The largest absolute Gasteiger partial charge is 0.0984 e. The summed E-state index contributed by atoms with van der Waals surface area (Å²) in [6.45, 7) is 12.1. The molecule has 2 aromatic carbocycles. The van der Waals surface area contributed by atoms with Crippen molar-refractivity contribution in [2.45, 2.75) is 13.8 Å². The van der Waals surface area contributed by atoms with Gasteiger partial charge in [-0.3, -0.25) is 0 Å². The van der Waals surface area contributed by atoms with E-state index in [2.05, 4.69) is 56.5 Å². The lowest BCUT2D eigenvalue weighted by atomic mass is 9.89. The molecule has 0 aliphatic heterocycles. The molecule has 0 unspecified atom stereocenters. The quantitative estimate of drug-likeness (QED) is 0.589. The van der Waals surface area contributed by atoms with Gasteiger partial charge in [0.15, 0.2) is 0 Å². The van der Waals surface area contributed by atoms with Crippen molar-refractivity contribution in [3.63, 3.8) is 0 Å². The van der Waals surface area contributed by atoms with E-state index < -0.39 is 0 Å². The standard InChI is InChI=1S/C20H20/c1-5-8-9-12-18-15(4)19-13-10-11-14-20(19)17(7-3)16(18)6-2/h5-14H,2-3H2,1,4H3/b8-5-,12-9-. The average molecular weight is 260 g/mol. The van der Waals surface area contributed by atoms with Crippen LogP contribution in [0.2, 0.25) is 0 Å². The van der Waals surface area contributed by atoms with Gasteiger partial charge in [0.05, 0.1) is 0 Å². The van der Waals surface area contributed by atoms with Crippen LogP contribution in [-0.4, -0.2) is 0 Å². The number of hydrogen-bond acceptors (Lipinski definition) is 0. The maximum atomic E-state index is 3.98. The minimum atomic E-state index is 1.15. The van der Waals surface area contributed by atoms with Crippen LogP contribution in [0.15, 0.2) is 55.7 Å². The van der Waals surface area contributed by atoms with Crippen molar-refractivity contribution in [2.24, 2.45) is 0 Å². The van der Waals surface area contributed by atoms with Gasteiger partial charge in [0.25, 0.3) is 0 Å². The lowest BCUT2D eigenvalue weighted by molar-refractivity contribution is 1.47. The van der Waals surface area contributed by atoms with E-state index in [9.17, 15) is 0 Å². The third-order valence-corrected chi connectivity index (χ3v) is 3.58. The number of benzene rings is 2. The van der Waals surface area contributed by atoms with E-state index in [1.165, 1.54) is 21.9 Å². The molecule has 20 heavy (non-hydrogen) atoms. The molecule has 0 amide bonds. The Labute approximate surface area is 121 Å². The van der Waals surface area contributed by atoms with E-state index in [4.69, 9.17) is 0 Å². The van der Waals surface area contributed by atoms with Crippen LogP contribution in [0.5, 0.6) is 0 Å². The van der Waals surface area contributed by atoms with Gasteiger partial charge in [0.2, 0.25) is 0 Å². The Hall–Kier alpha value is -2.34. The zero-order valence-electron chi connectivity index (χ0n) is 12.2. The normalized spacial score (nSPS) is 11.5. The van der Waals surface area contributed by atoms with Crippen LogP contribution in [0, 0.1) is 6.92 Å². The molecule has 0 nitrogen and oxygen atoms in total. The summed E-state index contributed by atoms with van der Waals surface area (Å²) in [5, 5.41) is 2.51. The fraction of sp³-hybridized carbons (Fsp3) is 0.100. The highest BCUT2D eigenvalue weighted by molar-refractivity contribution is 5.99. The van der Waals surface area contributed by atoms with Crippen LogP contribution in [0.1, 0.15) is 29.2 Å². The molecule has 0 radical (unpaired) electrons. The fourth-order valence-electron chi connectivity index (χ4n) is 2.60.